The van der Waals surface area contributed by atoms with E-state index in [4.69, 9.17) is 0 Å². The van der Waals surface area contributed by atoms with E-state index in [0.29, 0.717) is 0 Å². The van der Waals surface area contributed by atoms with Crippen molar-refractivity contribution in [1.29, 1.82) is 0 Å². The van der Waals surface area contributed by atoms with Gasteiger partial charge in [-0.15, -0.1) is 22.7 Å². The minimum atomic E-state index is 1.17. The molecule has 0 bridgehead atoms. The van der Waals surface area contributed by atoms with Gasteiger partial charge in [0, 0.05) is 14.3 Å². The second-order valence-electron chi connectivity index (χ2n) is 2.66. The molecule has 2 aromatic rings. The molecule has 0 atom stereocenters. The van der Waals surface area contributed by atoms with Crippen molar-refractivity contribution in [3.05, 3.63) is 21.9 Å². The highest BCUT2D eigenvalue weighted by Gasteiger charge is 2.04. The zero-order chi connectivity index (χ0) is 7.84. The summed E-state index contributed by atoms with van der Waals surface area (Å²) in [6.45, 7) is 4.40. The van der Waals surface area contributed by atoms with Gasteiger partial charge in [0.15, 0.2) is 0 Å². The summed E-state index contributed by atoms with van der Waals surface area (Å²) < 4.78 is 2.97. The van der Waals surface area contributed by atoms with Gasteiger partial charge in [0.1, 0.15) is 0 Å². The Morgan fingerprint density at radius 2 is 2.27 bits per heavy atom. The van der Waals surface area contributed by atoms with Crippen LogP contribution in [0.25, 0.3) is 9.40 Å². The van der Waals surface area contributed by atoms with Crippen LogP contribution >= 0.6 is 22.7 Å². The summed E-state index contributed by atoms with van der Waals surface area (Å²) in [5.41, 5.74) is 1.52. The number of rotatable bonds is 1. The Morgan fingerprint density at radius 1 is 1.45 bits per heavy atom. The SMILES string of the molecule is CCc1csc2cc(C)sc12. The average Bonchev–Trinajstić information content (AvgIpc) is 2.45. The fourth-order valence-corrected chi connectivity index (χ4v) is 3.68. The van der Waals surface area contributed by atoms with E-state index in [9.17, 15) is 0 Å². The molecule has 2 aromatic heterocycles. The van der Waals surface area contributed by atoms with Crippen LogP contribution in [0, 0.1) is 6.92 Å². The van der Waals surface area contributed by atoms with Crippen molar-refractivity contribution >= 4 is 32.1 Å². The summed E-state index contributed by atoms with van der Waals surface area (Å²) in [6.07, 6.45) is 1.17. The van der Waals surface area contributed by atoms with Gasteiger partial charge in [-0.1, -0.05) is 6.92 Å². The fraction of sp³-hybridized carbons (Fsp3) is 0.333. The molecule has 0 aliphatic rings. The molecule has 0 aromatic carbocycles. The predicted octanol–water partition coefficient (Wildman–Crippen LogP) is 3.83. The summed E-state index contributed by atoms with van der Waals surface area (Å²) in [7, 11) is 0. The number of thiophene rings is 2. The number of hydrogen-bond acceptors (Lipinski definition) is 2. The number of aryl methyl sites for hydroxylation is 2. The summed E-state index contributed by atoms with van der Waals surface area (Å²) in [5, 5.41) is 2.28. The standard InChI is InChI=1S/C9H10S2/c1-3-7-5-10-8-4-6(2)11-9(7)8/h4-5H,3H2,1-2H3. The molecule has 0 radical (unpaired) electrons. The third kappa shape index (κ3) is 1.10. The van der Waals surface area contributed by atoms with Gasteiger partial charge >= 0.3 is 0 Å². The molecule has 58 valence electrons. The van der Waals surface area contributed by atoms with Crippen LogP contribution in [0.2, 0.25) is 0 Å². The second kappa shape index (κ2) is 2.61. The van der Waals surface area contributed by atoms with Crippen LogP contribution in [0.4, 0.5) is 0 Å². The van der Waals surface area contributed by atoms with Gasteiger partial charge in [-0.3, -0.25) is 0 Å². The Morgan fingerprint density at radius 3 is 3.00 bits per heavy atom. The van der Waals surface area contributed by atoms with Gasteiger partial charge in [-0.25, -0.2) is 0 Å². The molecule has 0 spiro atoms. The Hall–Kier alpha value is -0.340. The highest BCUT2D eigenvalue weighted by Crippen LogP contribution is 2.33. The maximum absolute atomic E-state index is 2.28. The van der Waals surface area contributed by atoms with Crippen molar-refractivity contribution in [2.24, 2.45) is 0 Å². The summed E-state index contributed by atoms with van der Waals surface area (Å²) in [6, 6.07) is 2.28. The molecule has 0 amide bonds. The van der Waals surface area contributed by atoms with E-state index in [1.54, 1.807) is 0 Å². The van der Waals surface area contributed by atoms with Crippen LogP contribution in [-0.4, -0.2) is 0 Å². The Bertz CT molecular complexity index is 368. The zero-order valence-electron chi connectivity index (χ0n) is 6.68. The lowest BCUT2D eigenvalue weighted by molar-refractivity contribution is 1.17. The van der Waals surface area contributed by atoms with Crippen molar-refractivity contribution in [2.45, 2.75) is 20.3 Å². The Balaban J connectivity index is 2.73. The summed E-state index contributed by atoms with van der Waals surface area (Å²) in [5.74, 6) is 0. The van der Waals surface area contributed by atoms with Crippen LogP contribution in [0.5, 0.6) is 0 Å². The van der Waals surface area contributed by atoms with Crippen LogP contribution in [0.3, 0.4) is 0 Å². The summed E-state index contributed by atoms with van der Waals surface area (Å²) >= 11 is 3.79. The lowest BCUT2D eigenvalue weighted by Crippen LogP contribution is -1.68. The van der Waals surface area contributed by atoms with Gasteiger partial charge < -0.3 is 0 Å². The van der Waals surface area contributed by atoms with Gasteiger partial charge in [-0.2, -0.15) is 0 Å². The molecule has 11 heavy (non-hydrogen) atoms. The first-order chi connectivity index (χ1) is 5.31. The lowest BCUT2D eigenvalue weighted by atomic mass is 10.2. The van der Waals surface area contributed by atoms with E-state index >= 15 is 0 Å². The Kier molecular flexibility index (Phi) is 1.74. The molecular weight excluding hydrogens is 172 g/mol. The van der Waals surface area contributed by atoms with Gasteiger partial charge in [-0.05, 0) is 30.4 Å². The molecule has 2 heterocycles. The van der Waals surface area contributed by atoms with Gasteiger partial charge in [0.2, 0.25) is 0 Å². The normalized spacial score (nSPS) is 11.1. The largest absolute Gasteiger partial charge is 0.143 e. The molecule has 0 unspecified atom stereocenters. The predicted molar refractivity (Wildman–Crippen MR) is 53.8 cm³/mol. The fourth-order valence-electron chi connectivity index (χ4n) is 1.23. The van der Waals surface area contributed by atoms with Crippen LogP contribution < -0.4 is 0 Å². The highest BCUT2D eigenvalue weighted by atomic mass is 32.1. The number of hydrogen-bond donors (Lipinski definition) is 0. The van der Waals surface area contributed by atoms with E-state index < -0.39 is 0 Å². The average molecular weight is 182 g/mol. The van der Waals surface area contributed by atoms with E-state index in [1.807, 2.05) is 22.7 Å². The first kappa shape index (κ1) is 7.32. The first-order valence-corrected chi connectivity index (χ1v) is 5.47. The maximum Gasteiger partial charge on any atom is 0.0485 e. The van der Waals surface area contributed by atoms with E-state index in [-0.39, 0.29) is 0 Å². The molecule has 2 rings (SSSR count). The van der Waals surface area contributed by atoms with Crippen molar-refractivity contribution < 1.29 is 0 Å². The molecule has 0 saturated heterocycles. The monoisotopic (exact) mass is 182 g/mol. The third-order valence-electron chi connectivity index (χ3n) is 1.82. The zero-order valence-corrected chi connectivity index (χ0v) is 8.31. The quantitative estimate of drug-likeness (QED) is 0.628. The first-order valence-electron chi connectivity index (χ1n) is 3.77. The third-order valence-corrected chi connectivity index (χ3v) is 4.06. The number of fused-ring (bicyclic) bond motifs is 1. The molecule has 0 aliphatic heterocycles. The molecule has 0 nitrogen and oxygen atoms in total. The molecule has 0 fully saturated rings. The highest BCUT2D eigenvalue weighted by molar-refractivity contribution is 7.27. The van der Waals surface area contributed by atoms with Crippen molar-refractivity contribution in [3.63, 3.8) is 0 Å². The lowest BCUT2D eigenvalue weighted by Gasteiger charge is -1.85. The van der Waals surface area contributed by atoms with Crippen LogP contribution in [0.1, 0.15) is 17.4 Å². The van der Waals surface area contributed by atoms with Crippen molar-refractivity contribution in [3.8, 4) is 0 Å². The van der Waals surface area contributed by atoms with E-state index in [2.05, 4.69) is 25.3 Å². The summed E-state index contributed by atoms with van der Waals surface area (Å²) in [4.78, 5) is 1.43. The second-order valence-corrected chi connectivity index (χ2v) is 4.83. The van der Waals surface area contributed by atoms with Gasteiger partial charge in [0.05, 0.1) is 0 Å². The maximum atomic E-state index is 2.28. The van der Waals surface area contributed by atoms with Crippen LogP contribution in [0.15, 0.2) is 11.4 Å². The van der Waals surface area contributed by atoms with Crippen molar-refractivity contribution in [2.75, 3.05) is 0 Å². The molecule has 2 heteroatoms. The topological polar surface area (TPSA) is 0 Å². The molecule has 0 aliphatic carbocycles. The smallest absolute Gasteiger partial charge is 0.0485 e. The van der Waals surface area contributed by atoms with Crippen LogP contribution in [-0.2, 0) is 6.42 Å². The van der Waals surface area contributed by atoms with E-state index in [0.717, 1.165) is 0 Å². The van der Waals surface area contributed by atoms with E-state index in [1.165, 1.54) is 26.3 Å². The Labute approximate surface area is 74.5 Å². The molecular formula is C9H10S2. The molecule has 0 N–H and O–H groups in total. The minimum Gasteiger partial charge on any atom is -0.143 e. The van der Waals surface area contributed by atoms with Crippen molar-refractivity contribution in [1.82, 2.24) is 0 Å². The molecule has 0 saturated carbocycles. The van der Waals surface area contributed by atoms with Gasteiger partial charge in [0.25, 0.3) is 0 Å². The minimum absolute atomic E-state index is 1.17.